The van der Waals surface area contributed by atoms with Gasteiger partial charge in [-0.05, 0) is 21.6 Å². The van der Waals surface area contributed by atoms with Gasteiger partial charge in [-0.3, -0.25) is 0 Å². The first-order valence-electron chi connectivity index (χ1n) is 3.28. The standard InChI is InChI=1S/C4Cl3F7S4/c5-1(6,7)17-18-4(14,15-2(8,9)10)16-3(11,12)13. The zero-order valence-electron chi connectivity index (χ0n) is 7.41. The molecule has 0 radical (unpaired) electrons. The first-order chi connectivity index (χ1) is 7.62. The lowest BCUT2D eigenvalue weighted by molar-refractivity contribution is -0.0363. The van der Waals surface area contributed by atoms with Crippen LogP contribution in [0.15, 0.2) is 0 Å². The number of alkyl halides is 10. The molecular weight excluding hydrogens is 416 g/mol. The van der Waals surface area contributed by atoms with E-state index in [1.807, 2.05) is 0 Å². The van der Waals surface area contributed by atoms with Crippen molar-refractivity contribution in [2.24, 2.45) is 0 Å². The number of halogens is 10. The lowest BCUT2D eigenvalue weighted by Gasteiger charge is -2.25. The van der Waals surface area contributed by atoms with Crippen molar-refractivity contribution in [3.63, 3.8) is 0 Å². The third-order valence-electron chi connectivity index (χ3n) is 0.711. The first-order valence-corrected chi connectivity index (χ1v) is 8.20. The average Bonchev–Trinajstić information content (AvgIpc) is 1.91. The minimum absolute atomic E-state index is 0.0818. The lowest BCUT2D eigenvalue weighted by Crippen LogP contribution is -2.20. The normalized spacial score (nSPS) is 15.0. The van der Waals surface area contributed by atoms with Gasteiger partial charge in [0, 0.05) is 23.5 Å². The van der Waals surface area contributed by atoms with Crippen molar-refractivity contribution < 1.29 is 30.7 Å². The third kappa shape index (κ3) is 11.6. The van der Waals surface area contributed by atoms with Gasteiger partial charge < -0.3 is 0 Å². The molecule has 0 N–H and O–H groups in total. The van der Waals surface area contributed by atoms with Gasteiger partial charge in [0.2, 0.25) is 3.12 Å². The molecular formula is C4Cl3F7S4. The van der Waals surface area contributed by atoms with E-state index in [4.69, 9.17) is 34.8 Å². The maximum Gasteiger partial charge on any atom is 0.446 e. The summed E-state index contributed by atoms with van der Waals surface area (Å²) in [6, 6.07) is 0. The van der Waals surface area contributed by atoms with Gasteiger partial charge >= 0.3 is 11.0 Å². The molecule has 18 heavy (non-hydrogen) atoms. The molecule has 0 unspecified atom stereocenters. The lowest BCUT2D eigenvalue weighted by atomic mass is 11.5. The summed E-state index contributed by atoms with van der Waals surface area (Å²) in [7, 11) is -0.557. The van der Waals surface area contributed by atoms with E-state index in [9.17, 15) is 30.7 Å². The highest BCUT2D eigenvalue weighted by Crippen LogP contribution is 2.64. The Balaban J connectivity index is 4.81. The van der Waals surface area contributed by atoms with E-state index < -0.39 is 52.1 Å². The molecule has 0 nitrogen and oxygen atoms in total. The van der Waals surface area contributed by atoms with Crippen molar-refractivity contribution in [2.75, 3.05) is 0 Å². The molecule has 0 amide bonds. The predicted octanol–water partition coefficient (Wildman–Crippen LogP) is 6.78. The van der Waals surface area contributed by atoms with Crippen LogP contribution >= 0.6 is 79.9 Å². The molecule has 0 saturated carbocycles. The van der Waals surface area contributed by atoms with E-state index in [0.29, 0.717) is 0 Å². The van der Waals surface area contributed by atoms with Crippen LogP contribution in [-0.2, 0) is 0 Å². The van der Waals surface area contributed by atoms with Gasteiger partial charge in [0.05, 0.1) is 0 Å². The Labute approximate surface area is 128 Å². The maximum absolute atomic E-state index is 13.6. The van der Waals surface area contributed by atoms with Gasteiger partial charge in [0.25, 0.3) is 3.66 Å². The van der Waals surface area contributed by atoms with Crippen molar-refractivity contribution in [3.8, 4) is 0 Å². The molecule has 0 rings (SSSR count). The van der Waals surface area contributed by atoms with Crippen LogP contribution in [0.4, 0.5) is 30.7 Å². The van der Waals surface area contributed by atoms with Crippen LogP contribution in [0, 0.1) is 0 Å². The fourth-order valence-electron chi connectivity index (χ4n) is 0.428. The molecule has 0 saturated heterocycles. The van der Waals surface area contributed by atoms with Gasteiger partial charge in [-0.25, -0.2) is 4.39 Å². The largest absolute Gasteiger partial charge is 0.446 e. The van der Waals surface area contributed by atoms with Crippen molar-refractivity contribution in [3.05, 3.63) is 0 Å². The van der Waals surface area contributed by atoms with E-state index in [0.717, 1.165) is 0 Å². The summed E-state index contributed by atoms with van der Waals surface area (Å²) >= 11 is 12.3. The van der Waals surface area contributed by atoms with Gasteiger partial charge in [0.1, 0.15) is 0 Å². The van der Waals surface area contributed by atoms with E-state index in [1.165, 1.54) is 0 Å². The Hall–Kier alpha value is 1.78. The molecule has 110 valence electrons. The van der Waals surface area contributed by atoms with Crippen LogP contribution in [-0.4, -0.2) is 17.8 Å². The summed E-state index contributed by atoms with van der Waals surface area (Å²) in [5, 5.41) is 0. The molecule has 14 heteroatoms. The van der Waals surface area contributed by atoms with Crippen molar-refractivity contribution in [2.45, 2.75) is 17.8 Å². The van der Waals surface area contributed by atoms with E-state index in [2.05, 4.69) is 0 Å². The van der Waals surface area contributed by atoms with Crippen LogP contribution in [0.5, 0.6) is 0 Å². The smallest absolute Gasteiger partial charge is 0.206 e. The van der Waals surface area contributed by atoms with E-state index in [-0.39, 0.29) is 10.8 Å². The number of thioether (sulfide) groups is 2. The van der Waals surface area contributed by atoms with Crippen molar-refractivity contribution in [1.29, 1.82) is 0 Å². The summed E-state index contributed by atoms with van der Waals surface area (Å²) in [4.78, 5) is 0. The molecule has 0 spiro atoms. The van der Waals surface area contributed by atoms with Gasteiger partial charge in [-0.2, -0.15) is 26.3 Å². The highest BCUT2D eigenvalue weighted by atomic mass is 35.6. The topological polar surface area (TPSA) is 0 Å². The molecule has 0 aliphatic rings. The Morgan fingerprint density at radius 3 is 1.17 bits per heavy atom. The number of rotatable bonds is 4. The zero-order chi connectivity index (χ0) is 14.8. The number of hydrogen-bond acceptors (Lipinski definition) is 4. The molecule has 0 aromatic carbocycles. The summed E-state index contributed by atoms with van der Waals surface area (Å²) in [5.41, 5.74) is -10.4. The van der Waals surface area contributed by atoms with Crippen LogP contribution in [0.1, 0.15) is 0 Å². The third-order valence-corrected chi connectivity index (χ3v) is 7.47. The van der Waals surface area contributed by atoms with E-state index >= 15 is 0 Å². The molecule has 0 fully saturated rings. The molecule has 0 heterocycles. The van der Waals surface area contributed by atoms with E-state index in [1.54, 1.807) is 0 Å². The highest BCUT2D eigenvalue weighted by Gasteiger charge is 2.53. The van der Waals surface area contributed by atoms with Gasteiger partial charge in [-0.1, -0.05) is 34.8 Å². The SMILES string of the molecule is FC(F)(F)SC(F)(SSC(Cl)(Cl)Cl)SC(F)(F)F. The zero-order valence-corrected chi connectivity index (χ0v) is 12.9. The van der Waals surface area contributed by atoms with Crippen LogP contribution in [0.3, 0.4) is 0 Å². The molecule has 0 aromatic heterocycles. The monoisotopic (exact) mass is 414 g/mol. The minimum Gasteiger partial charge on any atom is -0.206 e. The summed E-state index contributed by atoms with van der Waals surface area (Å²) < 4.78 is 79.3. The second kappa shape index (κ2) is 6.69. The average molecular weight is 416 g/mol. The van der Waals surface area contributed by atoms with Gasteiger partial charge in [0.15, 0.2) is 0 Å². The minimum atomic E-state index is -5.21. The van der Waals surface area contributed by atoms with Crippen molar-refractivity contribution in [1.82, 2.24) is 0 Å². The summed E-state index contributed by atoms with van der Waals surface area (Å²) in [6.45, 7) is 0. The summed E-state index contributed by atoms with van der Waals surface area (Å²) in [5.74, 6) is 0. The Bertz CT molecular complexity index is 257. The fraction of sp³-hybridized carbons (Fsp3) is 1.00. The van der Waals surface area contributed by atoms with Crippen LogP contribution in [0.25, 0.3) is 0 Å². The molecule has 0 bridgehead atoms. The second-order valence-electron chi connectivity index (χ2n) is 2.19. The fourth-order valence-corrected chi connectivity index (χ4v) is 5.41. The molecule has 0 aliphatic heterocycles. The highest BCUT2D eigenvalue weighted by molar-refractivity contribution is 8.82. The van der Waals surface area contributed by atoms with Crippen LogP contribution < -0.4 is 0 Å². The van der Waals surface area contributed by atoms with Crippen LogP contribution in [0.2, 0.25) is 0 Å². The van der Waals surface area contributed by atoms with Crippen molar-refractivity contribution >= 4 is 79.9 Å². The molecule has 0 aromatic rings. The first kappa shape index (κ1) is 19.8. The predicted molar refractivity (Wildman–Crippen MR) is 66.6 cm³/mol. The quantitative estimate of drug-likeness (QED) is 0.215. The molecule has 0 atom stereocenters. The maximum atomic E-state index is 13.6. The Morgan fingerprint density at radius 1 is 0.611 bits per heavy atom. The Morgan fingerprint density at radius 2 is 0.944 bits per heavy atom. The number of hydrogen-bond donors (Lipinski definition) is 0. The summed E-state index contributed by atoms with van der Waals surface area (Å²) in [6.07, 6.45) is 0. The molecule has 0 aliphatic carbocycles. The Kier molecular flexibility index (Phi) is 7.36. The van der Waals surface area contributed by atoms with Gasteiger partial charge in [-0.15, -0.1) is 0 Å². The second-order valence-corrected chi connectivity index (χ2v) is 10.9.